The van der Waals surface area contributed by atoms with Crippen molar-refractivity contribution in [3.05, 3.63) is 10.9 Å². The highest BCUT2D eigenvalue weighted by atomic mass is 28.4. The van der Waals surface area contributed by atoms with Crippen LogP contribution in [0.3, 0.4) is 0 Å². The van der Waals surface area contributed by atoms with Crippen LogP contribution in [-0.2, 0) is 0 Å². The van der Waals surface area contributed by atoms with Gasteiger partial charge < -0.3 is 4.80 Å². The van der Waals surface area contributed by atoms with Crippen LogP contribution >= 0.6 is 0 Å². The zero-order valence-electron chi connectivity index (χ0n) is 12.0. The third-order valence-corrected chi connectivity index (χ3v) is 5.71. The third kappa shape index (κ3) is 8.11. The molecular weight excluding hydrogens is 244 g/mol. The van der Waals surface area contributed by atoms with Crippen molar-refractivity contribution in [2.45, 2.75) is 52.4 Å². The number of allylic oxidation sites excluding steroid dienone is 1. The fraction of sp³-hybridized carbons (Fsp3) is 0.667. The molecule has 0 rings (SSSR count). The minimum absolute atomic E-state index is 1.04. The van der Waals surface area contributed by atoms with Crippen LogP contribution in [0, 0.1) is 11.5 Å². The molecule has 0 saturated heterocycles. The maximum absolute atomic E-state index is 10.2. The number of hydrogen-bond acceptors (Lipinski definition) is 1. The molecule has 0 aliphatic carbocycles. The van der Waals surface area contributed by atoms with Gasteiger partial charge in [0.15, 0.2) is 0 Å². The lowest BCUT2D eigenvalue weighted by Gasteiger charge is -2.19. The van der Waals surface area contributed by atoms with Gasteiger partial charge in [-0.3, -0.25) is 0 Å². The molecule has 0 aliphatic rings. The van der Waals surface area contributed by atoms with Gasteiger partial charge in [0, 0.05) is 5.20 Å². The molecule has 0 aliphatic heterocycles. The van der Waals surface area contributed by atoms with Crippen molar-refractivity contribution < 1.29 is 4.80 Å². The maximum atomic E-state index is 10.2. The molecule has 0 unspecified atom stereocenters. The van der Waals surface area contributed by atoms with Crippen LogP contribution in [0.2, 0.25) is 52.4 Å². The summed E-state index contributed by atoms with van der Waals surface area (Å²) < 4.78 is 0. The van der Waals surface area contributed by atoms with E-state index in [1.807, 2.05) is 13.1 Å². The van der Waals surface area contributed by atoms with Gasteiger partial charge in [-0.15, -0.1) is 5.54 Å². The first-order chi connectivity index (χ1) is 6.81. The highest BCUT2D eigenvalue weighted by molar-refractivity contribution is 6.87. The fourth-order valence-electron chi connectivity index (χ4n) is 1.05. The predicted molar refractivity (Wildman–Crippen MR) is 82.3 cm³/mol. The molecule has 0 heterocycles. The minimum atomic E-state index is -2.25. The summed E-state index contributed by atoms with van der Waals surface area (Å²) in [5, 5.41) is 1.04. The topological polar surface area (TPSA) is 20.2 Å². The Hall–Kier alpha value is -0.0894. The normalized spacial score (nSPS) is 14.4. The van der Waals surface area contributed by atoms with E-state index in [0.717, 1.165) is 5.20 Å². The minimum Gasteiger partial charge on any atom is -0.427 e. The Kier molecular flexibility index (Phi) is 5.02. The van der Waals surface area contributed by atoms with Gasteiger partial charge in [0.05, 0.1) is 8.07 Å². The molecule has 0 aromatic carbocycles. The molecule has 0 atom stereocenters. The van der Waals surface area contributed by atoms with Crippen molar-refractivity contribution in [3.8, 4) is 11.5 Å². The van der Waals surface area contributed by atoms with E-state index in [2.05, 4.69) is 56.4 Å². The summed E-state index contributed by atoms with van der Waals surface area (Å²) >= 11 is 0. The lowest BCUT2D eigenvalue weighted by Crippen LogP contribution is -2.32. The van der Waals surface area contributed by atoms with E-state index >= 15 is 0 Å². The van der Waals surface area contributed by atoms with Gasteiger partial charge in [-0.2, -0.15) is 0 Å². The van der Waals surface area contributed by atoms with Crippen LogP contribution in [0.15, 0.2) is 10.9 Å². The van der Waals surface area contributed by atoms with Crippen molar-refractivity contribution in [2.24, 2.45) is 0 Å². The second-order valence-corrected chi connectivity index (χ2v) is 20.4. The fourth-order valence-corrected chi connectivity index (χ4v) is 5.71. The van der Waals surface area contributed by atoms with Gasteiger partial charge in [-0.25, -0.2) is 0 Å². The van der Waals surface area contributed by atoms with Crippen LogP contribution in [0.5, 0.6) is 0 Å². The molecule has 0 spiro atoms. The zero-order chi connectivity index (χ0) is 13.2. The van der Waals surface area contributed by atoms with Gasteiger partial charge in [-0.05, 0) is 13.1 Å². The van der Waals surface area contributed by atoms with Crippen molar-refractivity contribution in [3.63, 3.8) is 0 Å². The number of rotatable bonds is 2. The molecular formula is C12H26OSi3. The Morgan fingerprint density at radius 1 is 0.938 bits per heavy atom. The summed E-state index contributed by atoms with van der Waals surface area (Å²) in [5.41, 5.74) is 5.64. The summed E-state index contributed by atoms with van der Waals surface area (Å²) in [7, 11) is -4.90. The van der Waals surface area contributed by atoms with Gasteiger partial charge >= 0.3 is 0 Å². The molecule has 4 heteroatoms. The standard InChI is InChI=1S/C12H26OSi3/c1-14(2,3)10-9-12(16(7,8)13)11-15(4,5)6/h11,13H,1-8H3/b12-11+. The Balaban J connectivity index is 5.30. The monoisotopic (exact) mass is 270 g/mol. The predicted octanol–water partition coefficient (Wildman–Crippen LogP) is 3.41. The van der Waals surface area contributed by atoms with Crippen molar-refractivity contribution in [1.29, 1.82) is 0 Å². The molecule has 0 bridgehead atoms. The molecule has 16 heavy (non-hydrogen) atoms. The van der Waals surface area contributed by atoms with Gasteiger partial charge in [0.25, 0.3) is 0 Å². The average molecular weight is 271 g/mol. The highest BCUT2D eigenvalue weighted by Crippen LogP contribution is 2.15. The third-order valence-electron chi connectivity index (χ3n) is 1.81. The summed E-state index contributed by atoms with van der Waals surface area (Å²) in [4.78, 5) is 10.2. The molecule has 92 valence electrons. The second kappa shape index (κ2) is 5.05. The van der Waals surface area contributed by atoms with Gasteiger partial charge in [-0.1, -0.05) is 50.9 Å². The number of hydrogen-bond donors (Lipinski definition) is 1. The molecule has 0 aromatic heterocycles. The zero-order valence-corrected chi connectivity index (χ0v) is 15.0. The molecule has 0 fully saturated rings. The average Bonchev–Trinajstić information content (AvgIpc) is 1.91. The SMILES string of the molecule is C[Si](C)(C)C#C/C(=C\[Si](C)(C)C)[Si](C)(C)O. The maximum Gasteiger partial charge on any atom is 0.221 e. The van der Waals surface area contributed by atoms with Crippen LogP contribution in [0.4, 0.5) is 0 Å². The smallest absolute Gasteiger partial charge is 0.221 e. The van der Waals surface area contributed by atoms with Crippen molar-refractivity contribution in [1.82, 2.24) is 0 Å². The largest absolute Gasteiger partial charge is 0.427 e. The molecule has 1 nitrogen and oxygen atoms in total. The first-order valence-corrected chi connectivity index (χ1v) is 15.8. The molecule has 0 aromatic rings. The second-order valence-electron chi connectivity index (χ2n) is 6.98. The van der Waals surface area contributed by atoms with E-state index in [4.69, 9.17) is 0 Å². The van der Waals surface area contributed by atoms with Gasteiger partial charge in [0.2, 0.25) is 8.32 Å². The first-order valence-electron chi connectivity index (χ1n) is 5.80. The van der Waals surface area contributed by atoms with Crippen LogP contribution in [0.25, 0.3) is 0 Å². The van der Waals surface area contributed by atoms with Crippen LogP contribution in [0.1, 0.15) is 0 Å². The summed E-state index contributed by atoms with van der Waals surface area (Å²) in [6.45, 7) is 17.5. The van der Waals surface area contributed by atoms with E-state index in [1.54, 1.807) is 0 Å². The van der Waals surface area contributed by atoms with Gasteiger partial charge in [0.1, 0.15) is 8.07 Å². The lowest BCUT2D eigenvalue weighted by molar-refractivity contribution is 0.564. The Morgan fingerprint density at radius 2 is 1.38 bits per heavy atom. The highest BCUT2D eigenvalue weighted by Gasteiger charge is 2.25. The van der Waals surface area contributed by atoms with E-state index in [-0.39, 0.29) is 0 Å². The first kappa shape index (κ1) is 15.9. The Labute approximate surface area is 104 Å². The van der Waals surface area contributed by atoms with Crippen LogP contribution < -0.4 is 0 Å². The summed E-state index contributed by atoms with van der Waals surface area (Å²) in [6.07, 6.45) is 0. The van der Waals surface area contributed by atoms with E-state index in [9.17, 15) is 4.80 Å². The molecule has 1 N–H and O–H groups in total. The van der Waals surface area contributed by atoms with Crippen molar-refractivity contribution in [2.75, 3.05) is 0 Å². The summed E-state index contributed by atoms with van der Waals surface area (Å²) in [5.74, 6) is 3.28. The lowest BCUT2D eigenvalue weighted by atomic mass is 10.7. The Bertz CT molecular complexity index is 326. The Morgan fingerprint density at radius 3 is 1.62 bits per heavy atom. The van der Waals surface area contributed by atoms with E-state index in [1.165, 1.54) is 0 Å². The summed E-state index contributed by atoms with van der Waals surface area (Å²) in [6, 6.07) is 0. The van der Waals surface area contributed by atoms with E-state index < -0.39 is 24.5 Å². The van der Waals surface area contributed by atoms with Crippen molar-refractivity contribution >= 4 is 24.5 Å². The molecule has 0 radical (unpaired) electrons. The molecule has 0 saturated carbocycles. The quantitative estimate of drug-likeness (QED) is 0.602. The van der Waals surface area contributed by atoms with E-state index in [0.29, 0.717) is 0 Å². The molecule has 0 amide bonds. The van der Waals surface area contributed by atoms with Crippen LogP contribution in [-0.4, -0.2) is 29.3 Å².